The lowest BCUT2D eigenvalue weighted by molar-refractivity contribution is -0.384. The maximum Gasteiger partial charge on any atom is 0.514 e. The van der Waals surface area contributed by atoms with Crippen molar-refractivity contribution >= 4 is 17.7 Å². The molecule has 0 bridgehead atoms. The van der Waals surface area contributed by atoms with Crippen LogP contribution in [0.5, 0.6) is 5.75 Å². The Labute approximate surface area is 107 Å². The molecule has 1 aromatic rings. The molecule has 1 aliphatic heterocycles. The molecule has 2 rings (SSSR count). The molecule has 0 spiro atoms. The summed E-state index contributed by atoms with van der Waals surface area (Å²) in [7, 11) is 0. The highest BCUT2D eigenvalue weighted by Gasteiger charge is 2.28. The summed E-state index contributed by atoms with van der Waals surface area (Å²) in [6.45, 7) is 0.453. The average molecular weight is 266 g/mol. The van der Waals surface area contributed by atoms with E-state index in [1.807, 2.05) is 0 Å². The molecule has 0 unspecified atom stereocenters. The van der Waals surface area contributed by atoms with Crippen molar-refractivity contribution in [3.63, 3.8) is 0 Å². The number of rotatable bonds is 3. The number of ether oxygens (including phenoxy) is 2. The first-order valence-electron chi connectivity index (χ1n) is 5.47. The number of amides is 1. The summed E-state index contributed by atoms with van der Waals surface area (Å²) in [6.07, 6.45) is -1.46. The number of nitrogens with zero attached hydrogens (tertiary/aromatic N) is 1. The minimum absolute atomic E-state index is 0.106. The van der Waals surface area contributed by atoms with Crippen molar-refractivity contribution < 1.29 is 24.0 Å². The molecule has 0 aromatic heterocycles. The number of nitro benzene ring substituents is 1. The standard InChI is InChI=1S/C11H10N2O6/c14-10-9(5-6-12-10)19-11(15)18-8-3-1-7(2-4-8)13(16)17/h1-4,9H,5-6H2,(H,12,14)/t9-/m1/s1. The Kier molecular flexibility index (Phi) is 3.60. The average Bonchev–Trinajstić information content (AvgIpc) is 2.75. The molecule has 1 fully saturated rings. The van der Waals surface area contributed by atoms with E-state index in [0.29, 0.717) is 13.0 Å². The lowest BCUT2D eigenvalue weighted by atomic mass is 10.3. The van der Waals surface area contributed by atoms with Crippen molar-refractivity contribution in [1.82, 2.24) is 5.32 Å². The third kappa shape index (κ3) is 3.18. The first-order chi connectivity index (χ1) is 9.06. The second-order valence-corrected chi connectivity index (χ2v) is 3.79. The highest BCUT2D eigenvalue weighted by molar-refractivity contribution is 5.84. The van der Waals surface area contributed by atoms with Gasteiger partial charge in [-0.25, -0.2) is 4.79 Å². The maximum absolute atomic E-state index is 11.4. The number of non-ortho nitro benzene ring substituents is 1. The summed E-state index contributed by atoms with van der Waals surface area (Å²) in [6, 6.07) is 4.94. The fraction of sp³-hybridized carbons (Fsp3) is 0.273. The monoisotopic (exact) mass is 266 g/mol. The number of hydrogen-bond donors (Lipinski definition) is 1. The number of nitrogens with one attached hydrogen (secondary N) is 1. The summed E-state index contributed by atoms with van der Waals surface area (Å²) >= 11 is 0. The molecule has 19 heavy (non-hydrogen) atoms. The van der Waals surface area contributed by atoms with E-state index in [1.54, 1.807) is 0 Å². The third-order valence-electron chi connectivity index (χ3n) is 2.49. The number of nitro groups is 1. The van der Waals surface area contributed by atoms with Crippen LogP contribution in [0, 0.1) is 10.1 Å². The minimum Gasteiger partial charge on any atom is -0.420 e. The smallest absolute Gasteiger partial charge is 0.420 e. The predicted molar refractivity (Wildman–Crippen MR) is 61.6 cm³/mol. The minimum atomic E-state index is -1.02. The quantitative estimate of drug-likeness (QED) is 0.378. The SMILES string of the molecule is O=C(Oc1ccc([N+](=O)[O-])cc1)O[C@@H]1CCNC1=O. The van der Waals surface area contributed by atoms with Gasteiger partial charge in [-0.1, -0.05) is 0 Å². The highest BCUT2D eigenvalue weighted by atomic mass is 16.7. The Balaban J connectivity index is 1.91. The van der Waals surface area contributed by atoms with Crippen molar-refractivity contribution in [3.05, 3.63) is 34.4 Å². The fourth-order valence-corrected chi connectivity index (χ4v) is 1.56. The lowest BCUT2D eigenvalue weighted by Gasteiger charge is -2.09. The van der Waals surface area contributed by atoms with Gasteiger partial charge in [0.15, 0.2) is 6.10 Å². The largest absolute Gasteiger partial charge is 0.514 e. The van der Waals surface area contributed by atoms with Gasteiger partial charge in [-0.05, 0) is 12.1 Å². The van der Waals surface area contributed by atoms with Gasteiger partial charge in [0, 0.05) is 25.1 Å². The number of carbonyl (C=O) groups is 2. The summed E-state index contributed by atoms with van der Waals surface area (Å²) in [5.74, 6) is -0.255. The van der Waals surface area contributed by atoms with Crippen LogP contribution in [0.15, 0.2) is 24.3 Å². The molecule has 1 saturated heterocycles. The molecule has 0 saturated carbocycles. The second kappa shape index (κ2) is 5.34. The third-order valence-corrected chi connectivity index (χ3v) is 2.49. The molecule has 8 heteroatoms. The Hall–Kier alpha value is -2.64. The van der Waals surface area contributed by atoms with Crippen LogP contribution >= 0.6 is 0 Å². The van der Waals surface area contributed by atoms with Gasteiger partial charge < -0.3 is 14.8 Å². The molecule has 1 amide bonds. The molecule has 8 nitrogen and oxygen atoms in total. The van der Waals surface area contributed by atoms with E-state index in [4.69, 9.17) is 9.47 Å². The summed E-state index contributed by atoms with van der Waals surface area (Å²) < 4.78 is 9.59. The van der Waals surface area contributed by atoms with Crippen LogP contribution in [0.25, 0.3) is 0 Å². The predicted octanol–water partition coefficient (Wildman–Crippen LogP) is 0.999. The van der Waals surface area contributed by atoms with E-state index in [2.05, 4.69) is 5.32 Å². The van der Waals surface area contributed by atoms with Gasteiger partial charge in [-0.3, -0.25) is 14.9 Å². The molecular formula is C11H10N2O6. The van der Waals surface area contributed by atoms with Crippen LogP contribution in [0.4, 0.5) is 10.5 Å². The second-order valence-electron chi connectivity index (χ2n) is 3.79. The van der Waals surface area contributed by atoms with E-state index in [9.17, 15) is 19.7 Å². The molecule has 1 atom stereocenters. The molecule has 0 radical (unpaired) electrons. The first kappa shape index (κ1) is 12.8. The van der Waals surface area contributed by atoms with Gasteiger partial charge in [0.1, 0.15) is 5.75 Å². The Morgan fingerprint density at radius 2 is 2.05 bits per heavy atom. The molecule has 1 N–H and O–H groups in total. The van der Waals surface area contributed by atoms with Crippen LogP contribution in [0.3, 0.4) is 0 Å². The van der Waals surface area contributed by atoms with E-state index >= 15 is 0 Å². The van der Waals surface area contributed by atoms with Gasteiger partial charge >= 0.3 is 6.16 Å². The van der Waals surface area contributed by atoms with Gasteiger partial charge in [0.05, 0.1) is 4.92 Å². The normalized spacial score (nSPS) is 17.7. The van der Waals surface area contributed by atoms with Crippen LogP contribution in [-0.2, 0) is 9.53 Å². The Morgan fingerprint density at radius 3 is 2.58 bits per heavy atom. The van der Waals surface area contributed by atoms with E-state index in [0.717, 1.165) is 0 Å². The molecule has 1 aliphatic rings. The maximum atomic E-state index is 11.4. The van der Waals surface area contributed by atoms with Crippen molar-refractivity contribution in [2.75, 3.05) is 6.54 Å². The van der Waals surface area contributed by atoms with Crippen molar-refractivity contribution in [1.29, 1.82) is 0 Å². The molecule has 0 aliphatic carbocycles. The Morgan fingerprint density at radius 1 is 1.37 bits per heavy atom. The molecular weight excluding hydrogens is 256 g/mol. The summed E-state index contributed by atoms with van der Waals surface area (Å²) in [4.78, 5) is 32.4. The van der Waals surface area contributed by atoms with Crippen molar-refractivity contribution in [3.8, 4) is 5.75 Å². The van der Waals surface area contributed by atoms with E-state index in [1.165, 1.54) is 24.3 Å². The van der Waals surface area contributed by atoms with Crippen LogP contribution in [0.2, 0.25) is 0 Å². The zero-order valence-corrected chi connectivity index (χ0v) is 9.70. The van der Waals surface area contributed by atoms with Crippen molar-refractivity contribution in [2.45, 2.75) is 12.5 Å². The number of carbonyl (C=O) groups excluding carboxylic acids is 2. The van der Waals surface area contributed by atoms with Gasteiger partial charge in [0.25, 0.3) is 11.6 Å². The van der Waals surface area contributed by atoms with E-state index in [-0.39, 0.29) is 17.3 Å². The number of hydrogen-bond acceptors (Lipinski definition) is 6. The lowest BCUT2D eigenvalue weighted by Crippen LogP contribution is -2.28. The van der Waals surface area contributed by atoms with Crippen LogP contribution in [-0.4, -0.2) is 29.6 Å². The summed E-state index contributed by atoms with van der Waals surface area (Å²) in [5, 5.41) is 12.9. The molecule has 100 valence electrons. The zero-order valence-electron chi connectivity index (χ0n) is 9.70. The number of benzene rings is 1. The topological polar surface area (TPSA) is 108 Å². The van der Waals surface area contributed by atoms with E-state index < -0.39 is 17.2 Å². The van der Waals surface area contributed by atoms with Gasteiger partial charge in [-0.2, -0.15) is 0 Å². The van der Waals surface area contributed by atoms with Gasteiger partial charge in [0.2, 0.25) is 0 Å². The van der Waals surface area contributed by atoms with Crippen LogP contribution < -0.4 is 10.1 Å². The summed E-state index contributed by atoms with van der Waals surface area (Å²) in [5.41, 5.74) is -0.115. The fourth-order valence-electron chi connectivity index (χ4n) is 1.56. The highest BCUT2D eigenvalue weighted by Crippen LogP contribution is 2.18. The Bertz CT molecular complexity index is 512. The van der Waals surface area contributed by atoms with Crippen LogP contribution in [0.1, 0.15) is 6.42 Å². The first-order valence-corrected chi connectivity index (χ1v) is 5.47. The van der Waals surface area contributed by atoms with Gasteiger partial charge in [-0.15, -0.1) is 0 Å². The molecule has 1 aromatic carbocycles. The zero-order chi connectivity index (χ0) is 13.8. The molecule has 1 heterocycles. The van der Waals surface area contributed by atoms with Crippen molar-refractivity contribution in [2.24, 2.45) is 0 Å².